The highest BCUT2D eigenvalue weighted by molar-refractivity contribution is 6.42. The summed E-state index contributed by atoms with van der Waals surface area (Å²) >= 11 is 0. The first-order chi connectivity index (χ1) is 6.15. The topological polar surface area (TPSA) is 90.1 Å². The molecular weight excluding hydrogens is 174 g/mol. The Kier molecular flexibility index (Phi) is 2.49. The SMILES string of the molecule is O=C(O)/C(=N/O)c1ccc(O)cc1. The molecule has 0 saturated heterocycles. The second-order valence-corrected chi connectivity index (χ2v) is 2.30. The van der Waals surface area contributed by atoms with Crippen LogP contribution in [0.1, 0.15) is 5.56 Å². The number of hydrogen-bond donors (Lipinski definition) is 3. The Morgan fingerprint density at radius 3 is 2.15 bits per heavy atom. The first kappa shape index (κ1) is 9.05. The molecule has 1 rings (SSSR count). The van der Waals surface area contributed by atoms with Gasteiger partial charge in [-0.25, -0.2) is 4.79 Å². The fourth-order valence-electron chi connectivity index (χ4n) is 0.843. The zero-order chi connectivity index (χ0) is 9.84. The fraction of sp³-hybridized carbons (Fsp3) is 0. The number of phenols is 1. The van der Waals surface area contributed by atoms with Crippen molar-refractivity contribution < 1.29 is 20.2 Å². The van der Waals surface area contributed by atoms with Gasteiger partial charge in [0.15, 0.2) is 5.71 Å². The van der Waals surface area contributed by atoms with Gasteiger partial charge in [0.1, 0.15) is 5.75 Å². The van der Waals surface area contributed by atoms with Crippen molar-refractivity contribution in [3.8, 4) is 5.75 Å². The molecule has 1 aromatic rings. The first-order valence-electron chi connectivity index (χ1n) is 3.40. The Balaban J connectivity index is 3.07. The van der Waals surface area contributed by atoms with Gasteiger partial charge in [-0.1, -0.05) is 5.16 Å². The van der Waals surface area contributed by atoms with E-state index in [1.807, 2.05) is 0 Å². The molecule has 0 aliphatic heterocycles. The number of hydrogen-bond acceptors (Lipinski definition) is 4. The number of oxime groups is 1. The maximum absolute atomic E-state index is 10.5. The quantitative estimate of drug-likeness (QED) is 0.355. The normalized spacial score (nSPS) is 11.2. The van der Waals surface area contributed by atoms with E-state index in [0.29, 0.717) is 0 Å². The van der Waals surface area contributed by atoms with Crippen LogP contribution in [-0.2, 0) is 4.79 Å². The van der Waals surface area contributed by atoms with Gasteiger partial charge in [-0.05, 0) is 24.3 Å². The Morgan fingerprint density at radius 1 is 1.23 bits per heavy atom. The molecule has 0 radical (unpaired) electrons. The third-order valence-corrected chi connectivity index (χ3v) is 1.44. The van der Waals surface area contributed by atoms with Gasteiger partial charge in [-0.2, -0.15) is 0 Å². The molecule has 0 aromatic heterocycles. The standard InChI is InChI=1S/C8H7NO4/c10-6-3-1-5(2-4-6)7(9-13)8(11)12/h1-4,10,13H,(H,11,12)/b9-7+. The van der Waals surface area contributed by atoms with Gasteiger partial charge in [0.2, 0.25) is 0 Å². The zero-order valence-electron chi connectivity index (χ0n) is 6.51. The van der Waals surface area contributed by atoms with Gasteiger partial charge in [0.25, 0.3) is 0 Å². The number of aliphatic carboxylic acids is 1. The van der Waals surface area contributed by atoms with E-state index in [-0.39, 0.29) is 11.3 Å². The smallest absolute Gasteiger partial charge is 0.358 e. The highest BCUT2D eigenvalue weighted by Crippen LogP contribution is 2.10. The summed E-state index contributed by atoms with van der Waals surface area (Å²) in [5.74, 6) is -1.31. The summed E-state index contributed by atoms with van der Waals surface area (Å²) in [5.41, 5.74) is -0.229. The molecule has 0 saturated carbocycles. The lowest BCUT2D eigenvalue weighted by atomic mass is 10.1. The largest absolute Gasteiger partial charge is 0.508 e. The Labute approximate surface area is 73.6 Å². The van der Waals surface area contributed by atoms with Gasteiger partial charge in [-0.3, -0.25) is 0 Å². The molecule has 0 spiro atoms. The monoisotopic (exact) mass is 181 g/mol. The van der Waals surface area contributed by atoms with E-state index in [0.717, 1.165) is 0 Å². The molecule has 0 unspecified atom stereocenters. The van der Waals surface area contributed by atoms with Crippen LogP contribution in [0.4, 0.5) is 0 Å². The number of nitrogens with zero attached hydrogens (tertiary/aromatic N) is 1. The van der Waals surface area contributed by atoms with Gasteiger partial charge >= 0.3 is 5.97 Å². The number of carboxylic acids is 1. The molecule has 0 amide bonds. The van der Waals surface area contributed by atoms with Crippen LogP contribution >= 0.6 is 0 Å². The van der Waals surface area contributed by atoms with Crippen LogP contribution in [0.5, 0.6) is 5.75 Å². The van der Waals surface area contributed by atoms with Gasteiger partial charge < -0.3 is 15.4 Å². The highest BCUT2D eigenvalue weighted by atomic mass is 16.4. The molecule has 3 N–H and O–H groups in total. The van der Waals surface area contributed by atoms with Crippen LogP contribution in [0.3, 0.4) is 0 Å². The molecule has 0 aliphatic rings. The highest BCUT2D eigenvalue weighted by Gasteiger charge is 2.12. The van der Waals surface area contributed by atoms with E-state index in [1.165, 1.54) is 24.3 Å². The van der Waals surface area contributed by atoms with Gasteiger partial charge in [-0.15, -0.1) is 0 Å². The predicted molar refractivity (Wildman–Crippen MR) is 44.1 cm³/mol. The maximum atomic E-state index is 10.5. The molecular formula is C8H7NO4. The molecule has 0 fully saturated rings. The number of carboxylic acid groups (broad SMARTS) is 1. The summed E-state index contributed by atoms with van der Waals surface area (Å²) in [5, 5.41) is 28.4. The molecule has 0 aliphatic carbocycles. The van der Waals surface area contributed by atoms with Crippen molar-refractivity contribution in [2.24, 2.45) is 5.16 Å². The number of carbonyl (C=O) groups is 1. The van der Waals surface area contributed by atoms with Gasteiger partial charge in [0, 0.05) is 5.56 Å². The third kappa shape index (κ3) is 1.96. The summed E-state index contributed by atoms with van der Waals surface area (Å²) in [6.45, 7) is 0. The van der Waals surface area contributed by atoms with E-state index in [1.54, 1.807) is 0 Å². The minimum absolute atomic E-state index is 0.0198. The molecule has 5 nitrogen and oxygen atoms in total. The molecule has 68 valence electrons. The summed E-state index contributed by atoms with van der Waals surface area (Å²) in [6.07, 6.45) is 0. The van der Waals surface area contributed by atoms with Crippen molar-refractivity contribution in [2.45, 2.75) is 0 Å². The van der Waals surface area contributed by atoms with Crippen LogP contribution in [-0.4, -0.2) is 27.1 Å². The third-order valence-electron chi connectivity index (χ3n) is 1.44. The van der Waals surface area contributed by atoms with Crippen molar-refractivity contribution in [3.63, 3.8) is 0 Å². The molecule has 0 heterocycles. The van der Waals surface area contributed by atoms with E-state index < -0.39 is 11.7 Å². The Morgan fingerprint density at radius 2 is 1.77 bits per heavy atom. The molecule has 0 bridgehead atoms. The summed E-state index contributed by atoms with van der Waals surface area (Å²) < 4.78 is 0. The minimum Gasteiger partial charge on any atom is -0.508 e. The number of phenolic OH excluding ortho intramolecular Hbond substituents is 1. The average molecular weight is 181 g/mol. The number of benzene rings is 1. The second kappa shape index (κ2) is 3.57. The number of rotatable bonds is 2. The maximum Gasteiger partial charge on any atom is 0.358 e. The van der Waals surface area contributed by atoms with E-state index in [9.17, 15) is 4.79 Å². The summed E-state index contributed by atoms with van der Waals surface area (Å²) in [7, 11) is 0. The predicted octanol–water partition coefficient (Wildman–Crippen LogP) is 0.655. The first-order valence-corrected chi connectivity index (χ1v) is 3.40. The van der Waals surface area contributed by atoms with Gasteiger partial charge in [0.05, 0.1) is 0 Å². The minimum atomic E-state index is -1.33. The second-order valence-electron chi connectivity index (χ2n) is 2.30. The molecule has 13 heavy (non-hydrogen) atoms. The average Bonchev–Trinajstić information content (AvgIpc) is 2.09. The summed E-state index contributed by atoms with van der Waals surface area (Å²) in [4.78, 5) is 10.5. The van der Waals surface area contributed by atoms with Crippen molar-refractivity contribution in [3.05, 3.63) is 29.8 Å². The van der Waals surface area contributed by atoms with Crippen LogP contribution < -0.4 is 0 Å². The molecule has 0 atom stereocenters. The van der Waals surface area contributed by atoms with Crippen LogP contribution in [0, 0.1) is 0 Å². The van der Waals surface area contributed by atoms with Crippen molar-refractivity contribution in [1.82, 2.24) is 0 Å². The fourth-order valence-corrected chi connectivity index (χ4v) is 0.843. The lowest BCUT2D eigenvalue weighted by Gasteiger charge is -1.98. The van der Waals surface area contributed by atoms with Crippen molar-refractivity contribution >= 4 is 11.7 Å². The Bertz CT molecular complexity index is 342. The molecule has 5 heteroatoms. The lowest BCUT2D eigenvalue weighted by Crippen LogP contribution is -2.14. The van der Waals surface area contributed by atoms with E-state index in [2.05, 4.69) is 5.16 Å². The van der Waals surface area contributed by atoms with Crippen LogP contribution in [0.2, 0.25) is 0 Å². The van der Waals surface area contributed by atoms with Crippen molar-refractivity contribution in [1.29, 1.82) is 0 Å². The van der Waals surface area contributed by atoms with Crippen LogP contribution in [0.25, 0.3) is 0 Å². The summed E-state index contributed by atoms with van der Waals surface area (Å²) in [6, 6.07) is 5.31. The zero-order valence-corrected chi connectivity index (χ0v) is 6.51. The molecule has 1 aromatic carbocycles. The van der Waals surface area contributed by atoms with Crippen molar-refractivity contribution in [2.75, 3.05) is 0 Å². The van der Waals surface area contributed by atoms with E-state index in [4.69, 9.17) is 15.4 Å². The Hall–Kier alpha value is -2.04. The van der Waals surface area contributed by atoms with Crippen LogP contribution in [0.15, 0.2) is 29.4 Å². The number of aromatic hydroxyl groups is 1. The van der Waals surface area contributed by atoms with E-state index >= 15 is 0 Å². The lowest BCUT2D eigenvalue weighted by molar-refractivity contribution is -0.129.